The number of anilines is 1. The molecular formula is C18H18ClNO2S. The lowest BCUT2D eigenvalue weighted by Crippen LogP contribution is -2.30. The molecule has 0 aromatic heterocycles. The molecule has 1 aliphatic rings. The number of amides is 1. The van der Waals surface area contributed by atoms with Gasteiger partial charge in [-0.1, -0.05) is 30.7 Å². The normalized spacial score (nSPS) is 20.8. The van der Waals surface area contributed by atoms with E-state index in [2.05, 4.69) is 0 Å². The first kappa shape index (κ1) is 16.2. The second-order valence-corrected chi connectivity index (χ2v) is 7.07. The number of hydrogen-bond acceptors (Lipinski definition) is 3. The summed E-state index contributed by atoms with van der Waals surface area (Å²) in [7, 11) is 1.63. The largest absolute Gasteiger partial charge is 0.497 e. The van der Waals surface area contributed by atoms with Crippen LogP contribution in [0.25, 0.3) is 0 Å². The summed E-state index contributed by atoms with van der Waals surface area (Å²) < 4.78 is 5.20. The summed E-state index contributed by atoms with van der Waals surface area (Å²) in [6.45, 7) is 2.05. The third kappa shape index (κ3) is 3.19. The lowest BCUT2D eigenvalue weighted by molar-refractivity contribution is -0.117. The molecule has 120 valence electrons. The van der Waals surface area contributed by atoms with Crippen LogP contribution in [0.4, 0.5) is 5.69 Å². The topological polar surface area (TPSA) is 29.5 Å². The Morgan fingerprint density at radius 1 is 1.13 bits per heavy atom. The Morgan fingerprint density at radius 3 is 2.35 bits per heavy atom. The first-order valence-corrected chi connectivity index (χ1v) is 8.84. The second-order valence-electron chi connectivity index (χ2n) is 5.34. The van der Waals surface area contributed by atoms with Crippen LogP contribution in [-0.2, 0) is 4.79 Å². The number of halogens is 1. The highest BCUT2D eigenvalue weighted by Crippen LogP contribution is 2.46. The van der Waals surface area contributed by atoms with Crippen molar-refractivity contribution in [1.29, 1.82) is 0 Å². The number of carbonyl (C=O) groups is 1. The third-order valence-corrected chi connectivity index (χ3v) is 5.77. The lowest BCUT2D eigenvalue weighted by Gasteiger charge is -2.24. The summed E-state index contributed by atoms with van der Waals surface area (Å²) >= 11 is 7.68. The highest BCUT2D eigenvalue weighted by Gasteiger charge is 2.40. The van der Waals surface area contributed by atoms with Gasteiger partial charge in [-0.2, -0.15) is 0 Å². The van der Waals surface area contributed by atoms with E-state index in [4.69, 9.17) is 16.3 Å². The van der Waals surface area contributed by atoms with Crippen LogP contribution in [0.15, 0.2) is 48.5 Å². The summed E-state index contributed by atoms with van der Waals surface area (Å²) in [5.41, 5.74) is 1.97. The molecule has 23 heavy (non-hydrogen) atoms. The summed E-state index contributed by atoms with van der Waals surface area (Å²) in [5.74, 6) is 0.936. The molecule has 1 heterocycles. The van der Waals surface area contributed by atoms with E-state index in [0.717, 1.165) is 23.4 Å². The molecule has 1 aliphatic heterocycles. The fraction of sp³-hybridized carbons (Fsp3) is 0.278. The first-order chi connectivity index (χ1) is 11.1. The second kappa shape index (κ2) is 6.85. The first-order valence-electron chi connectivity index (χ1n) is 7.52. The molecule has 0 radical (unpaired) electrons. The number of carbonyl (C=O) groups excluding carboxylic acids is 1. The Labute approximate surface area is 145 Å². The number of thioether (sulfide) groups is 1. The zero-order valence-electron chi connectivity index (χ0n) is 13.0. The van der Waals surface area contributed by atoms with Gasteiger partial charge in [0.25, 0.3) is 0 Å². The third-order valence-electron chi connectivity index (χ3n) is 3.92. The molecule has 1 saturated heterocycles. The maximum atomic E-state index is 12.8. The van der Waals surface area contributed by atoms with E-state index >= 15 is 0 Å². The lowest BCUT2D eigenvalue weighted by atomic mass is 10.1. The summed E-state index contributed by atoms with van der Waals surface area (Å²) in [6.07, 6.45) is 0.820. The summed E-state index contributed by atoms with van der Waals surface area (Å²) in [4.78, 5) is 14.7. The molecule has 5 heteroatoms. The van der Waals surface area contributed by atoms with Gasteiger partial charge in [-0.05, 0) is 48.4 Å². The average molecular weight is 348 g/mol. The maximum Gasteiger partial charge on any atom is 0.241 e. The Bertz CT molecular complexity index is 687. The molecule has 3 rings (SSSR count). The smallest absolute Gasteiger partial charge is 0.241 e. The van der Waals surface area contributed by atoms with Gasteiger partial charge in [-0.3, -0.25) is 9.69 Å². The van der Waals surface area contributed by atoms with Crippen molar-refractivity contribution in [3.63, 3.8) is 0 Å². The van der Waals surface area contributed by atoms with Crippen molar-refractivity contribution >= 4 is 35.0 Å². The van der Waals surface area contributed by atoms with E-state index in [0.29, 0.717) is 5.02 Å². The molecule has 2 aromatic carbocycles. The highest BCUT2D eigenvalue weighted by molar-refractivity contribution is 8.01. The van der Waals surface area contributed by atoms with Gasteiger partial charge in [0.1, 0.15) is 11.1 Å². The van der Waals surface area contributed by atoms with Crippen molar-refractivity contribution < 1.29 is 9.53 Å². The van der Waals surface area contributed by atoms with Gasteiger partial charge >= 0.3 is 0 Å². The van der Waals surface area contributed by atoms with Crippen LogP contribution in [0.3, 0.4) is 0 Å². The quantitative estimate of drug-likeness (QED) is 0.787. The van der Waals surface area contributed by atoms with Gasteiger partial charge in [0.2, 0.25) is 5.91 Å². The van der Waals surface area contributed by atoms with E-state index in [1.165, 1.54) is 0 Å². The van der Waals surface area contributed by atoms with Crippen LogP contribution in [0, 0.1) is 0 Å². The molecule has 2 unspecified atom stereocenters. The van der Waals surface area contributed by atoms with E-state index in [-0.39, 0.29) is 16.5 Å². The van der Waals surface area contributed by atoms with Gasteiger partial charge in [-0.25, -0.2) is 0 Å². The fourth-order valence-corrected chi connectivity index (χ4v) is 4.20. The minimum absolute atomic E-state index is 0.0159. The monoisotopic (exact) mass is 347 g/mol. The molecular weight excluding hydrogens is 330 g/mol. The van der Waals surface area contributed by atoms with E-state index in [1.807, 2.05) is 60.4 Å². The van der Waals surface area contributed by atoms with Gasteiger partial charge in [-0.15, -0.1) is 11.8 Å². The molecule has 2 atom stereocenters. The number of nitrogens with zero attached hydrogens (tertiary/aromatic N) is 1. The van der Waals surface area contributed by atoms with Crippen molar-refractivity contribution in [2.75, 3.05) is 12.0 Å². The van der Waals surface area contributed by atoms with Crippen LogP contribution in [0.2, 0.25) is 5.02 Å². The Kier molecular flexibility index (Phi) is 4.83. The highest BCUT2D eigenvalue weighted by atomic mass is 35.5. The Balaban J connectivity index is 1.98. The Morgan fingerprint density at radius 2 is 1.78 bits per heavy atom. The van der Waals surface area contributed by atoms with E-state index in [9.17, 15) is 4.79 Å². The molecule has 1 fully saturated rings. The van der Waals surface area contributed by atoms with Crippen molar-refractivity contribution in [1.82, 2.24) is 0 Å². The summed E-state index contributed by atoms with van der Waals surface area (Å²) in [5, 5.41) is 0.655. The molecule has 0 aliphatic carbocycles. The molecule has 3 nitrogen and oxygen atoms in total. The van der Waals surface area contributed by atoms with Crippen LogP contribution < -0.4 is 9.64 Å². The predicted molar refractivity (Wildman–Crippen MR) is 96.3 cm³/mol. The molecule has 2 aromatic rings. The van der Waals surface area contributed by atoms with Crippen LogP contribution in [0.1, 0.15) is 24.3 Å². The predicted octanol–water partition coefficient (Wildman–Crippen LogP) is 4.91. The SMILES string of the molecule is CCC1SC(c2ccc(Cl)cc2)N(c2ccc(OC)cc2)C1=O. The van der Waals surface area contributed by atoms with Gasteiger partial charge in [0, 0.05) is 10.7 Å². The van der Waals surface area contributed by atoms with Crippen molar-refractivity contribution in [3.05, 3.63) is 59.1 Å². The minimum Gasteiger partial charge on any atom is -0.497 e. The number of benzene rings is 2. The number of methoxy groups -OCH3 is 1. The van der Waals surface area contributed by atoms with Gasteiger partial charge < -0.3 is 4.74 Å². The van der Waals surface area contributed by atoms with Crippen LogP contribution >= 0.6 is 23.4 Å². The minimum atomic E-state index is -0.0295. The molecule has 1 amide bonds. The average Bonchev–Trinajstić information content (AvgIpc) is 2.92. The summed E-state index contributed by atoms with van der Waals surface area (Å²) in [6, 6.07) is 15.3. The zero-order valence-corrected chi connectivity index (χ0v) is 14.6. The standard InChI is InChI=1S/C18H18ClNO2S/c1-3-16-17(21)20(14-8-10-15(22-2)11-9-14)18(23-16)12-4-6-13(19)7-5-12/h4-11,16,18H,3H2,1-2H3. The zero-order chi connectivity index (χ0) is 16.4. The van der Waals surface area contributed by atoms with Crippen molar-refractivity contribution in [2.45, 2.75) is 24.0 Å². The van der Waals surface area contributed by atoms with Crippen molar-refractivity contribution in [2.24, 2.45) is 0 Å². The Hall–Kier alpha value is -1.65. The van der Waals surface area contributed by atoms with Crippen LogP contribution in [-0.4, -0.2) is 18.3 Å². The van der Waals surface area contributed by atoms with Crippen LogP contribution in [0.5, 0.6) is 5.75 Å². The number of rotatable bonds is 4. The maximum absolute atomic E-state index is 12.8. The fourth-order valence-electron chi connectivity index (χ4n) is 2.68. The van der Waals surface area contributed by atoms with Crippen molar-refractivity contribution in [3.8, 4) is 5.75 Å². The number of ether oxygens (including phenoxy) is 1. The van der Waals surface area contributed by atoms with E-state index in [1.54, 1.807) is 18.9 Å². The van der Waals surface area contributed by atoms with Gasteiger partial charge in [0.15, 0.2) is 0 Å². The molecule has 0 saturated carbocycles. The molecule has 0 bridgehead atoms. The molecule has 0 spiro atoms. The van der Waals surface area contributed by atoms with E-state index < -0.39 is 0 Å². The molecule has 0 N–H and O–H groups in total. The van der Waals surface area contributed by atoms with Gasteiger partial charge in [0.05, 0.1) is 12.4 Å². The number of hydrogen-bond donors (Lipinski definition) is 0.